The van der Waals surface area contributed by atoms with Crippen molar-refractivity contribution in [1.82, 2.24) is 9.78 Å². The van der Waals surface area contributed by atoms with Gasteiger partial charge in [-0.25, -0.2) is 9.48 Å². The third-order valence-corrected chi connectivity index (χ3v) is 5.25. The number of nitrogens with one attached hydrogen (secondary N) is 1. The molecule has 7 nitrogen and oxygen atoms in total. The Kier molecular flexibility index (Phi) is 7.37. The molecule has 0 fully saturated rings. The Morgan fingerprint density at radius 3 is 2.23 bits per heavy atom. The van der Waals surface area contributed by atoms with Gasteiger partial charge in [0.25, 0.3) is 5.91 Å². The van der Waals surface area contributed by atoms with E-state index in [1.807, 2.05) is 84.9 Å². The third kappa shape index (κ3) is 5.47. The van der Waals surface area contributed by atoms with Gasteiger partial charge in [0.1, 0.15) is 11.3 Å². The number of ether oxygens (including phenoxy) is 2. The second-order valence-electron chi connectivity index (χ2n) is 7.53. The van der Waals surface area contributed by atoms with Crippen LogP contribution in [0.15, 0.2) is 91.1 Å². The highest BCUT2D eigenvalue weighted by molar-refractivity contribution is 6.29. The fourth-order valence-corrected chi connectivity index (χ4v) is 3.53. The zero-order valence-electron chi connectivity index (χ0n) is 19.5. The number of methoxy groups -OCH3 is 1. The number of amides is 1. The maximum absolute atomic E-state index is 13.7. The van der Waals surface area contributed by atoms with Crippen LogP contribution in [0.2, 0.25) is 0 Å². The smallest absolute Gasteiger partial charge is 0.343 e. The number of carbonyl (C=O) groups is 2. The molecule has 4 aromatic rings. The third-order valence-electron chi connectivity index (χ3n) is 5.25. The lowest BCUT2D eigenvalue weighted by atomic mass is 10.0. The number of carbonyl (C=O) groups excluding carboxylic acids is 2. The van der Waals surface area contributed by atoms with Crippen LogP contribution >= 0.6 is 0 Å². The molecule has 35 heavy (non-hydrogen) atoms. The molecule has 176 valence electrons. The summed E-state index contributed by atoms with van der Waals surface area (Å²) in [4.78, 5) is 26.3. The van der Waals surface area contributed by atoms with Crippen LogP contribution in [0.4, 0.5) is 5.82 Å². The summed E-state index contributed by atoms with van der Waals surface area (Å²) in [6.45, 7) is 1.93. The molecule has 0 spiro atoms. The highest BCUT2D eigenvalue weighted by Crippen LogP contribution is 2.26. The van der Waals surface area contributed by atoms with Crippen LogP contribution in [-0.2, 0) is 9.53 Å². The number of hydrogen-bond donors (Lipinski definition) is 1. The molecular weight excluding hydrogens is 442 g/mol. The van der Waals surface area contributed by atoms with E-state index >= 15 is 0 Å². The average molecular weight is 468 g/mol. The Labute approximate surface area is 203 Å². The summed E-state index contributed by atoms with van der Waals surface area (Å²) in [5, 5.41) is 7.25. The molecule has 0 unspecified atom stereocenters. The molecular formula is C28H25N3O4. The zero-order valence-corrected chi connectivity index (χ0v) is 19.5. The van der Waals surface area contributed by atoms with E-state index in [1.54, 1.807) is 20.1 Å². The van der Waals surface area contributed by atoms with E-state index in [-0.39, 0.29) is 18.0 Å². The molecule has 1 N–H and O–H groups in total. The van der Waals surface area contributed by atoms with Gasteiger partial charge in [0.15, 0.2) is 5.82 Å². The molecule has 4 rings (SSSR count). The summed E-state index contributed by atoms with van der Waals surface area (Å²) in [5.41, 5.74) is 2.83. The number of para-hydroxylation sites is 1. The van der Waals surface area contributed by atoms with Crippen LogP contribution in [0.5, 0.6) is 5.75 Å². The van der Waals surface area contributed by atoms with Gasteiger partial charge in [-0.3, -0.25) is 4.79 Å². The van der Waals surface area contributed by atoms with Gasteiger partial charge < -0.3 is 14.8 Å². The van der Waals surface area contributed by atoms with Crippen molar-refractivity contribution in [3.8, 4) is 11.4 Å². The number of rotatable bonds is 8. The summed E-state index contributed by atoms with van der Waals surface area (Å²) < 4.78 is 11.9. The number of hydrogen-bond acceptors (Lipinski definition) is 5. The minimum Gasteiger partial charge on any atom is -0.497 e. The standard InChI is InChI=1S/C28H25N3O4/c1-3-35-28(33)25-19-29-31(22-12-8-5-9-13-22)26(25)30-27(32)24(21-10-6-4-7-11-21)18-20-14-16-23(34-2)17-15-20/h4-19H,3H2,1-2H3,(H,30,32)/b24-18+. The van der Waals surface area contributed by atoms with Gasteiger partial charge >= 0.3 is 5.97 Å². The average Bonchev–Trinajstić information content (AvgIpc) is 3.32. The molecule has 0 atom stereocenters. The summed E-state index contributed by atoms with van der Waals surface area (Å²) in [6.07, 6.45) is 3.19. The highest BCUT2D eigenvalue weighted by atomic mass is 16.5. The number of anilines is 1. The van der Waals surface area contributed by atoms with Gasteiger partial charge in [-0.2, -0.15) is 5.10 Å². The number of esters is 1. The van der Waals surface area contributed by atoms with Crippen molar-refractivity contribution in [3.63, 3.8) is 0 Å². The molecule has 0 aliphatic rings. The van der Waals surface area contributed by atoms with Gasteiger partial charge in [-0.15, -0.1) is 0 Å². The Morgan fingerprint density at radius 1 is 0.943 bits per heavy atom. The molecule has 0 aliphatic heterocycles. The lowest BCUT2D eigenvalue weighted by molar-refractivity contribution is -0.111. The Hall–Kier alpha value is -4.65. The zero-order chi connectivity index (χ0) is 24.6. The van der Waals surface area contributed by atoms with E-state index in [4.69, 9.17) is 9.47 Å². The summed E-state index contributed by atoms with van der Waals surface area (Å²) in [6, 6.07) is 26.0. The van der Waals surface area contributed by atoms with Gasteiger partial charge in [0, 0.05) is 5.57 Å². The quantitative estimate of drug-likeness (QED) is 0.218. The van der Waals surface area contributed by atoms with Crippen molar-refractivity contribution in [2.45, 2.75) is 6.92 Å². The fourth-order valence-electron chi connectivity index (χ4n) is 3.53. The first-order valence-electron chi connectivity index (χ1n) is 11.1. The van der Waals surface area contributed by atoms with E-state index in [0.29, 0.717) is 11.3 Å². The van der Waals surface area contributed by atoms with Crippen molar-refractivity contribution in [3.05, 3.63) is 108 Å². The minimum absolute atomic E-state index is 0.168. The molecule has 0 bridgehead atoms. The molecule has 0 saturated heterocycles. The van der Waals surface area contributed by atoms with Crippen LogP contribution < -0.4 is 10.1 Å². The Morgan fingerprint density at radius 2 is 1.60 bits per heavy atom. The lowest BCUT2D eigenvalue weighted by Gasteiger charge is -2.13. The predicted octanol–water partition coefficient (Wildman–Crippen LogP) is 5.24. The van der Waals surface area contributed by atoms with Crippen molar-refractivity contribution in [2.24, 2.45) is 0 Å². The van der Waals surface area contributed by atoms with Gasteiger partial charge in [0.2, 0.25) is 0 Å². The fraction of sp³-hybridized carbons (Fsp3) is 0.107. The second kappa shape index (κ2) is 11.0. The van der Waals surface area contributed by atoms with E-state index in [2.05, 4.69) is 10.4 Å². The van der Waals surface area contributed by atoms with Crippen molar-refractivity contribution < 1.29 is 19.1 Å². The number of nitrogens with zero attached hydrogens (tertiary/aromatic N) is 2. The van der Waals surface area contributed by atoms with E-state index in [9.17, 15) is 9.59 Å². The van der Waals surface area contributed by atoms with Crippen LogP contribution in [0, 0.1) is 0 Å². The monoisotopic (exact) mass is 467 g/mol. The normalized spacial score (nSPS) is 11.1. The van der Waals surface area contributed by atoms with E-state index < -0.39 is 11.9 Å². The van der Waals surface area contributed by atoms with Crippen LogP contribution in [0.25, 0.3) is 17.3 Å². The SMILES string of the molecule is CCOC(=O)c1cnn(-c2ccccc2)c1NC(=O)/C(=C/c1ccc(OC)cc1)c1ccccc1. The molecule has 1 aromatic heterocycles. The van der Waals surface area contributed by atoms with Crippen LogP contribution in [0.1, 0.15) is 28.4 Å². The van der Waals surface area contributed by atoms with E-state index in [0.717, 1.165) is 16.9 Å². The Bertz CT molecular complexity index is 1330. The maximum Gasteiger partial charge on any atom is 0.343 e. The van der Waals surface area contributed by atoms with E-state index in [1.165, 1.54) is 10.9 Å². The van der Waals surface area contributed by atoms with Crippen molar-refractivity contribution in [2.75, 3.05) is 19.0 Å². The van der Waals surface area contributed by atoms with Crippen LogP contribution in [-0.4, -0.2) is 35.4 Å². The van der Waals surface area contributed by atoms with Gasteiger partial charge in [-0.05, 0) is 48.4 Å². The predicted molar refractivity (Wildman–Crippen MR) is 135 cm³/mol. The first-order chi connectivity index (χ1) is 17.1. The molecule has 0 saturated carbocycles. The molecule has 0 aliphatic carbocycles. The topological polar surface area (TPSA) is 82.5 Å². The highest BCUT2D eigenvalue weighted by Gasteiger charge is 2.23. The second-order valence-corrected chi connectivity index (χ2v) is 7.53. The molecule has 3 aromatic carbocycles. The number of benzene rings is 3. The first-order valence-corrected chi connectivity index (χ1v) is 11.1. The number of aromatic nitrogens is 2. The van der Waals surface area contributed by atoms with Gasteiger partial charge in [-0.1, -0.05) is 60.7 Å². The maximum atomic E-state index is 13.7. The Balaban J connectivity index is 1.76. The molecule has 0 radical (unpaired) electrons. The minimum atomic E-state index is -0.564. The summed E-state index contributed by atoms with van der Waals surface area (Å²) in [7, 11) is 1.60. The van der Waals surface area contributed by atoms with Crippen molar-refractivity contribution >= 4 is 29.3 Å². The molecule has 7 heteroatoms. The first kappa shape index (κ1) is 23.5. The largest absolute Gasteiger partial charge is 0.497 e. The molecule has 1 heterocycles. The van der Waals surface area contributed by atoms with Gasteiger partial charge in [0.05, 0.1) is 25.6 Å². The van der Waals surface area contributed by atoms with Crippen molar-refractivity contribution in [1.29, 1.82) is 0 Å². The summed E-state index contributed by atoms with van der Waals surface area (Å²) >= 11 is 0. The molecule has 1 amide bonds. The van der Waals surface area contributed by atoms with Crippen LogP contribution in [0.3, 0.4) is 0 Å². The summed E-state index contributed by atoms with van der Waals surface area (Å²) in [5.74, 6) is -0.00413. The lowest BCUT2D eigenvalue weighted by Crippen LogP contribution is -2.19.